The van der Waals surface area contributed by atoms with E-state index in [0.29, 0.717) is 22.7 Å². The van der Waals surface area contributed by atoms with Crippen molar-refractivity contribution in [2.45, 2.75) is 51.7 Å². The van der Waals surface area contributed by atoms with Crippen LogP contribution in [0.25, 0.3) is 21.1 Å². The zero-order valence-electron chi connectivity index (χ0n) is 20.9. The van der Waals surface area contributed by atoms with Gasteiger partial charge in [0.1, 0.15) is 21.8 Å². The number of nitriles is 1. The summed E-state index contributed by atoms with van der Waals surface area (Å²) in [4.78, 5) is 11.5. The zero-order valence-corrected chi connectivity index (χ0v) is 22.6. The highest BCUT2D eigenvalue weighted by Crippen LogP contribution is 2.39. The van der Waals surface area contributed by atoms with E-state index >= 15 is 0 Å². The van der Waals surface area contributed by atoms with Crippen LogP contribution in [-0.2, 0) is 21.2 Å². The Bertz CT molecular complexity index is 1440. The minimum Gasteiger partial charge on any atom is -0.490 e. The van der Waals surface area contributed by atoms with Crippen molar-refractivity contribution in [3.05, 3.63) is 53.1 Å². The molecule has 0 bridgehead atoms. The largest absolute Gasteiger partial charge is 0.490 e. The highest BCUT2D eigenvalue weighted by atomic mass is 32.2. The van der Waals surface area contributed by atoms with E-state index in [4.69, 9.17) is 4.74 Å². The minimum absolute atomic E-state index is 0.0421. The van der Waals surface area contributed by atoms with E-state index in [9.17, 15) is 18.5 Å². The van der Waals surface area contributed by atoms with Gasteiger partial charge in [0, 0.05) is 30.6 Å². The lowest BCUT2D eigenvalue weighted by Crippen LogP contribution is -2.34. The Balaban J connectivity index is 1.60. The molecular weight excluding hydrogens is 510 g/mol. The van der Waals surface area contributed by atoms with Crippen molar-refractivity contribution in [3.63, 3.8) is 0 Å². The molecular formula is C26H29N5O4S2. The Morgan fingerprint density at radius 2 is 2.03 bits per heavy atom. The molecule has 0 saturated carbocycles. The predicted molar refractivity (Wildman–Crippen MR) is 143 cm³/mol. The Morgan fingerprint density at radius 1 is 1.24 bits per heavy atom. The topological polar surface area (TPSA) is 134 Å². The molecule has 2 aromatic carbocycles. The number of carbonyl (C=O) groups is 1. The van der Waals surface area contributed by atoms with Crippen LogP contribution in [0.1, 0.15) is 55.8 Å². The van der Waals surface area contributed by atoms with Gasteiger partial charge in [-0.25, -0.2) is 13.1 Å². The van der Waals surface area contributed by atoms with Gasteiger partial charge in [-0.2, -0.15) is 5.26 Å². The van der Waals surface area contributed by atoms with E-state index in [1.807, 2.05) is 38.1 Å². The number of aromatic nitrogens is 2. The maximum Gasteiger partial charge on any atom is 0.220 e. The zero-order chi connectivity index (χ0) is 26.6. The Hall–Kier alpha value is -3.33. The molecule has 0 saturated heterocycles. The summed E-state index contributed by atoms with van der Waals surface area (Å²) in [5, 5.41) is 22.2. The van der Waals surface area contributed by atoms with Gasteiger partial charge in [0.2, 0.25) is 15.9 Å². The van der Waals surface area contributed by atoms with Gasteiger partial charge in [-0.05, 0) is 62.4 Å². The maximum absolute atomic E-state index is 12.6. The first-order chi connectivity index (χ1) is 17.7. The van der Waals surface area contributed by atoms with Crippen molar-refractivity contribution in [1.82, 2.24) is 20.2 Å². The van der Waals surface area contributed by atoms with Crippen molar-refractivity contribution < 1.29 is 17.9 Å². The first kappa shape index (κ1) is 26.7. The lowest BCUT2D eigenvalue weighted by molar-refractivity contribution is -0.120. The fourth-order valence-electron chi connectivity index (χ4n) is 4.35. The highest BCUT2D eigenvalue weighted by molar-refractivity contribution is 7.89. The van der Waals surface area contributed by atoms with E-state index in [1.165, 1.54) is 18.4 Å². The first-order valence-electron chi connectivity index (χ1n) is 12.1. The normalized spacial score (nSPS) is 15.2. The summed E-state index contributed by atoms with van der Waals surface area (Å²) in [5.74, 6) is -0.0383. The smallest absolute Gasteiger partial charge is 0.220 e. The van der Waals surface area contributed by atoms with Crippen LogP contribution in [-0.4, -0.2) is 43.4 Å². The summed E-state index contributed by atoms with van der Waals surface area (Å²) in [6.07, 6.45) is 2.17. The van der Waals surface area contributed by atoms with Gasteiger partial charge in [0.25, 0.3) is 0 Å². The summed E-state index contributed by atoms with van der Waals surface area (Å²) in [6.45, 7) is 3.82. The van der Waals surface area contributed by atoms with Crippen LogP contribution < -0.4 is 14.8 Å². The molecule has 1 amide bonds. The summed E-state index contributed by atoms with van der Waals surface area (Å²) >= 11 is 1.42. The van der Waals surface area contributed by atoms with Crippen molar-refractivity contribution >= 4 is 27.3 Å². The molecule has 194 valence electrons. The van der Waals surface area contributed by atoms with Crippen molar-refractivity contribution in [2.24, 2.45) is 0 Å². The molecule has 0 radical (unpaired) electrons. The number of nitrogens with zero attached hydrogens (tertiary/aromatic N) is 3. The fourth-order valence-corrected chi connectivity index (χ4v) is 6.50. The average molecular weight is 540 g/mol. The number of ether oxygens (including phenoxy) is 1. The first-order valence-corrected chi connectivity index (χ1v) is 14.5. The third-order valence-electron chi connectivity index (χ3n) is 6.07. The van der Waals surface area contributed by atoms with E-state index in [2.05, 4.69) is 26.3 Å². The summed E-state index contributed by atoms with van der Waals surface area (Å²) in [5.41, 5.74) is 4.12. The van der Waals surface area contributed by atoms with Gasteiger partial charge >= 0.3 is 0 Å². The van der Waals surface area contributed by atoms with Gasteiger partial charge in [0.05, 0.1) is 17.4 Å². The van der Waals surface area contributed by atoms with Crippen LogP contribution in [0.3, 0.4) is 0 Å². The summed E-state index contributed by atoms with van der Waals surface area (Å²) in [7, 11) is -2.14. The molecule has 0 aliphatic heterocycles. The monoisotopic (exact) mass is 539 g/mol. The molecule has 2 N–H and O–H groups in total. The summed E-state index contributed by atoms with van der Waals surface area (Å²) < 4.78 is 33.8. The summed E-state index contributed by atoms with van der Waals surface area (Å²) in [6, 6.07) is 13.0. The molecule has 9 nitrogen and oxygen atoms in total. The average Bonchev–Trinajstić information content (AvgIpc) is 3.37. The van der Waals surface area contributed by atoms with Crippen LogP contribution in [0.15, 0.2) is 36.4 Å². The molecule has 1 aliphatic carbocycles. The molecule has 0 spiro atoms. The number of benzene rings is 2. The predicted octanol–water partition coefficient (Wildman–Crippen LogP) is 3.96. The third kappa shape index (κ3) is 6.33. The maximum atomic E-state index is 12.6. The van der Waals surface area contributed by atoms with E-state index in [1.54, 1.807) is 12.1 Å². The molecule has 1 unspecified atom stereocenters. The SMILES string of the molecule is CNC(=O)CCS(=O)(=O)NC1CCCc2c(-c3nnc(-c4ccc(OC(C)C)c(C#N)c4)s3)cccc21. The van der Waals surface area contributed by atoms with Crippen LogP contribution in [0, 0.1) is 11.3 Å². The van der Waals surface area contributed by atoms with Crippen LogP contribution in [0.4, 0.5) is 0 Å². The second-order valence-corrected chi connectivity index (χ2v) is 11.9. The lowest BCUT2D eigenvalue weighted by Gasteiger charge is -2.27. The van der Waals surface area contributed by atoms with Gasteiger partial charge in [-0.15, -0.1) is 10.2 Å². The number of hydrogen-bond donors (Lipinski definition) is 2. The molecule has 37 heavy (non-hydrogen) atoms. The van der Waals surface area contributed by atoms with Crippen molar-refractivity contribution in [3.8, 4) is 33.0 Å². The van der Waals surface area contributed by atoms with Crippen LogP contribution in [0.2, 0.25) is 0 Å². The van der Waals surface area contributed by atoms with E-state index < -0.39 is 10.0 Å². The number of nitrogens with one attached hydrogen (secondary N) is 2. The lowest BCUT2D eigenvalue weighted by atomic mass is 9.85. The highest BCUT2D eigenvalue weighted by Gasteiger charge is 2.27. The fraction of sp³-hybridized carbons (Fsp3) is 0.385. The second-order valence-electron chi connectivity index (χ2n) is 9.08. The molecule has 1 heterocycles. The Kier molecular flexibility index (Phi) is 8.22. The van der Waals surface area contributed by atoms with Crippen molar-refractivity contribution in [1.29, 1.82) is 5.26 Å². The third-order valence-corrected chi connectivity index (χ3v) is 8.46. The number of rotatable bonds is 9. The molecule has 11 heteroatoms. The molecule has 3 aromatic rings. The molecule has 4 rings (SSSR count). The number of carbonyl (C=O) groups excluding carboxylic acids is 1. The van der Waals surface area contributed by atoms with Gasteiger partial charge in [-0.3, -0.25) is 4.79 Å². The van der Waals surface area contributed by atoms with Crippen LogP contribution in [0.5, 0.6) is 5.75 Å². The Morgan fingerprint density at radius 3 is 2.76 bits per heavy atom. The quantitative estimate of drug-likeness (QED) is 0.420. The van der Waals surface area contributed by atoms with Gasteiger partial charge in [-0.1, -0.05) is 29.5 Å². The van der Waals surface area contributed by atoms with Crippen molar-refractivity contribution in [2.75, 3.05) is 12.8 Å². The molecule has 1 aromatic heterocycles. The number of hydrogen-bond acceptors (Lipinski definition) is 8. The number of amides is 1. The standard InChI is InChI=1S/C26H29N5O4S2/c1-16(2)35-23-11-10-17(14-18(23)15-27)25-29-30-26(36-25)21-8-4-7-20-19(21)6-5-9-22(20)31-37(33,34)13-12-24(32)28-3/h4,7-8,10-11,14,16,22,31H,5-6,9,12-13H2,1-3H3,(H,28,32). The number of sulfonamides is 1. The van der Waals surface area contributed by atoms with Crippen LogP contribution >= 0.6 is 11.3 Å². The molecule has 0 fully saturated rings. The molecule has 1 aliphatic rings. The Labute approximate surface area is 220 Å². The van der Waals surface area contributed by atoms with E-state index in [0.717, 1.165) is 40.1 Å². The second kappa shape index (κ2) is 11.4. The van der Waals surface area contributed by atoms with E-state index in [-0.39, 0.29) is 30.2 Å². The molecule has 1 atom stereocenters. The van der Waals surface area contributed by atoms with Gasteiger partial charge < -0.3 is 10.1 Å². The van der Waals surface area contributed by atoms with Gasteiger partial charge in [0.15, 0.2) is 0 Å². The number of fused-ring (bicyclic) bond motifs is 1. The minimum atomic E-state index is -3.63.